The number of benzene rings is 1. The average molecular weight is 428 g/mol. The van der Waals surface area contributed by atoms with E-state index < -0.39 is 5.91 Å². The van der Waals surface area contributed by atoms with Crippen LogP contribution in [0.1, 0.15) is 25.5 Å². The highest BCUT2D eigenvalue weighted by atomic mass is 35.5. The van der Waals surface area contributed by atoms with Gasteiger partial charge in [0.2, 0.25) is 5.17 Å². The van der Waals surface area contributed by atoms with Crippen LogP contribution >= 0.6 is 23.4 Å². The topological polar surface area (TPSA) is 83.0 Å². The Morgan fingerprint density at radius 3 is 2.93 bits per heavy atom. The number of fused-ring (bicyclic) bond motifs is 1. The average Bonchev–Trinajstić information content (AvgIpc) is 3.32. The van der Waals surface area contributed by atoms with Gasteiger partial charge in [-0.3, -0.25) is 10.2 Å². The van der Waals surface area contributed by atoms with Crippen LogP contribution in [0.2, 0.25) is 5.02 Å². The number of rotatable bonds is 5. The molecule has 148 valence electrons. The normalized spacial score (nSPS) is 17.5. The minimum atomic E-state index is -0.451. The molecule has 0 saturated carbocycles. The number of methoxy groups -OCH3 is 1. The van der Waals surface area contributed by atoms with Crippen molar-refractivity contribution in [3.05, 3.63) is 52.8 Å². The van der Waals surface area contributed by atoms with E-state index in [4.69, 9.17) is 21.7 Å². The summed E-state index contributed by atoms with van der Waals surface area (Å²) in [6.07, 6.45) is 5.21. The van der Waals surface area contributed by atoms with E-state index in [1.807, 2.05) is 22.9 Å². The van der Waals surface area contributed by atoms with Crippen molar-refractivity contribution in [1.82, 2.24) is 9.58 Å². The fourth-order valence-electron chi connectivity index (χ4n) is 3.08. The molecule has 0 unspecified atom stereocenters. The van der Waals surface area contributed by atoms with Crippen molar-refractivity contribution in [2.45, 2.75) is 19.8 Å². The van der Waals surface area contributed by atoms with Crippen LogP contribution in [0, 0.1) is 5.41 Å². The van der Waals surface area contributed by atoms with Gasteiger partial charge in [-0.25, -0.2) is 0 Å². The van der Waals surface area contributed by atoms with Gasteiger partial charge < -0.3 is 9.30 Å². The number of hydrazone groups is 1. The highest BCUT2D eigenvalue weighted by Crippen LogP contribution is 2.31. The molecule has 0 bridgehead atoms. The molecule has 1 aromatic heterocycles. The van der Waals surface area contributed by atoms with E-state index in [1.165, 1.54) is 16.8 Å². The molecule has 4 rings (SSSR count). The Morgan fingerprint density at radius 2 is 2.17 bits per heavy atom. The number of aromatic nitrogens is 1. The molecule has 1 N–H and O–H groups in total. The summed E-state index contributed by atoms with van der Waals surface area (Å²) in [7, 11) is 1.59. The van der Waals surface area contributed by atoms with Crippen molar-refractivity contribution in [3.63, 3.8) is 0 Å². The fraction of sp³-hybridized carbons (Fsp3) is 0.200. The standard InChI is InChI=1S/C20H18ClN5O2S/c1-3-5-17-24-26-18(22)14(19(27)23-20(26)29-17)11-13-6-4-9-25(13)15-10-12(21)7-8-16(15)28-2/h4,6-11,22H,3,5H2,1-2H3/b14-11+,22-18?. The third-order valence-electron chi connectivity index (χ3n) is 4.43. The molecular weight excluding hydrogens is 410 g/mol. The summed E-state index contributed by atoms with van der Waals surface area (Å²) in [5.74, 6) is 0.206. The van der Waals surface area contributed by atoms with Crippen molar-refractivity contribution < 1.29 is 9.53 Å². The Balaban J connectivity index is 1.74. The van der Waals surface area contributed by atoms with Crippen LogP contribution in [0.15, 0.2) is 52.2 Å². The maximum Gasteiger partial charge on any atom is 0.283 e. The summed E-state index contributed by atoms with van der Waals surface area (Å²) in [4.78, 5) is 16.7. The number of hydrogen-bond donors (Lipinski definition) is 1. The van der Waals surface area contributed by atoms with Gasteiger partial charge in [0.1, 0.15) is 10.8 Å². The van der Waals surface area contributed by atoms with E-state index in [-0.39, 0.29) is 11.4 Å². The quantitative estimate of drug-likeness (QED) is 0.709. The number of nitrogens with zero attached hydrogens (tertiary/aromatic N) is 4. The molecule has 7 nitrogen and oxygen atoms in total. The molecule has 1 amide bonds. The van der Waals surface area contributed by atoms with Crippen LogP contribution in [-0.4, -0.2) is 38.6 Å². The molecule has 1 aromatic carbocycles. The highest BCUT2D eigenvalue weighted by Gasteiger charge is 2.35. The van der Waals surface area contributed by atoms with Crippen LogP contribution in [-0.2, 0) is 4.79 Å². The monoisotopic (exact) mass is 427 g/mol. The maximum atomic E-state index is 12.6. The van der Waals surface area contributed by atoms with Crippen molar-refractivity contribution in [3.8, 4) is 11.4 Å². The zero-order chi connectivity index (χ0) is 20.5. The van der Waals surface area contributed by atoms with E-state index >= 15 is 0 Å². The van der Waals surface area contributed by atoms with Crippen molar-refractivity contribution >= 4 is 51.4 Å². The number of aliphatic imine (C=N–C) groups is 1. The number of ether oxygens (including phenoxy) is 1. The molecule has 0 spiro atoms. The van der Waals surface area contributed by atoms with Gasteiger partial charge in [-0.05, 0) is 61.0 Å². The summed E-state index contributed by atoms with van der Waals surface area (Å²) in [6.45, 7) is 2.06. The number of carbonyl (C=O) groups excluding carboxylic acids is 1. The van der Waals surface area contributed by atoms with Gasteiger partial charge in [0, 0.05) is 16.9 Å². The van der Waals surface area contributed by atoms with Gasteiger partial charge in [-0.15, -0.1) is 0 Å². The van der Waals surface area contributed by atoms with E-state index in [9.17, 15) is 4.79 Å². The van der Waals surface area contributed by atoms with Gasteiger partial charge in [-0.1, -0.05) is 18.5 Å². The lowest BCUT2D eigenvalue weighted by molar-refractivity contribution is -0.114. The zero-order valence-electron chi connectivity index (χ0n) is 15.8. The molecule has 0 saturated heterocycles. The molecule has 29 heavy (non-hydrogen) atoms. The summed E-state index contributed by atoms with van der Waals surface area (Å²) < 4.78 is 7.29. The Labute approximate surface area is 177 Å². The van der Waals surface area contributed by atoms with Crippen LogP contribution in [0.3, 0.4) is 0 Å². The first-order valence-corrected chi connectivity index (χ1v) is 10.2. The minimum Gasteiger partial charge on any atom is -0.495 e. The lowest BCUT2D eigenvalue weighted by atomic mass is 10.1. The number of nitrogens with one attached hydrogen (secondary N) is 1. The van der Waals surface area contributed by atoms with E-state index in [1.54, 1.807) is 31.4 Å². The van der Waals surface area contributed by atoms with Gasteiger partial charge in [0.25, 0.3) is 5.91 Å². The SMILES string of the molecule is CCCC1=NN2C(=N)/C(=C\c3cccn3-c3cc(Cl)ccc3OC)C(=O)N=C2S1. The van der Waals surface area contributed by atoms with Crippen LogP contribution < -0.4 is 4.74 Å². The number of thioether (sulfide) groups is 1. The third kappa shape index (κ3) is 3.61. The van der Waals surface area contributed by atoms with Crippen LogP contribution in [0.4, 0.5) is 0 Å². The number of halogens is 1. The summed E-state index contributed by atoms with van der Waals surface area (Å²) in [5.41, 5.74) is 1.61. The molecule has 2 aliphatic rings. The second-order valence-corrected chi connectivity index (χ2v) is 7.86. The third-order valence-corrected chi connectivity index (χ3v) is 5.64. The molecule has 2 aromatic rings. The van der Waals surface area contributed by atoms with E-state index in [2.05, 4.69) is 17.0 Å². The largest absolute Gasteiger partial charge is 0.495 e. The molecule has 0 radical (unpaired) electrons. The van der Waals surface area contributed by atoms with Crippen LogP contribution in [0.5, 0.6) is 5.75 Å². The maximum absolute atomic E-state index is 12.6. The van der Waals surface area contributed by atoms with Crippen LogP contribution in [0.25, 0.3) is 11.8 Å². The lowest BCUT2D eigenvalue weighted by Gasteiger charge is -2.20. The summed E-state index contributed by atoms with van der Waals surface area (Å²) in [6, 6.07) is 9.01. The highest BCUT2D eigenvalue weighted by molar-refractivity contribution is 8.26. The van der Waals surface area contributed by atoms with Crippen molar-refractivity contribution in [2.75, 3.05) is 7.11 Å². The molecule has 9 heteroatoms. The number of carbonyl (C=O) groups is 1. The Bertz CT molecular complexity index is 1100. The van der Waals surface area contributed by atoms with E-state index in [0.29, 0.717) is 21.6 Å². The Kier molecular flexibility index (Phi) is 5.29. The summed E-state index contributed by atoms with van der Waals surface area (Å²) in [5, 5.41) is 16.2. The van der Waals surface area contributed by atoms with Gasteiger partial charge in [0.15, 0.2) is 5.84 Å². The van der Waals surface area contributed by atoms with Crippen molar-refractivity contribution in [1.29, 1.82) is 5.41 Å². The number of amides is 1. The van der Waals surface area contributed by atoms with Gasteiger partial charge in [-0.2, -0.15) is 15.1 Å². The number of hydrogen-bond acceptors (Lipinski definition) is 5. The lowest BCUT2D eigenvalue weighted by Crippen LogP contribution is -2.35. The Hall–Kier alpha value is -2.84. The smallest absolute Gasteiger partial charge is 0.283 e. The molecule has 0 atom stereocenters. The first-order chi connectivity index (χ1) is 14.0. The molecular formula is C20H18ClN5O2S. The summed E-state index contributed by atoms with van der Waals surface area (Å²) >= 11 is 7.51. The molecule has 3 heterocycles. The predicted molar refractivity (Wildman–Crippen MR) is 117 cm³/mol. The molecule has 0 fully saturated rings. The first kappa shape index (κ1) is 19.5. The van der Waals surface area contributed by atoms with Crippen molar-refractivity contribution in [2.24, 2.45) is 10.1 Å². The van der Waals surface area contributed by atoms with Gasteiger partial charge in [0.05, 0.1) is 18.4 Å². The van der Waals surface area contributed by atoms with E-state index in [0.717, 1.165) is 23.6 Å². The minimum absolute atomic E-state index is 0.0180. The Morgan fingerprint density at radius 1 is 1.34 bits per heavy atom. The van der Waals surface area contributed by atoms with Gasteiger partial charge >= 0.3 is 0 Å². The zero-order valence-corrected chi connectivity index (χ0v) is 17.4. The fourth-order valence-corrected chi connectivity index (χ4v) is 4.23. The number of amidine groups is 2. The first-order valence-electron chi connectivity index (χ1n) is 9.02. The second-order valence-electron chi connectivity index (χ2n) is 6.38. The predicted octanol–water partition coefficient (Wildman–Crippen LogP) is 4.56. The molecule has 0 aliphatic carbocycles. The molecule has 2 aliphatic heterocycles. The second kappa shape index (κ2) is 7.88.